The summed E-state index contributed by atoms with van der Waals surface area (Å²) >= 11 is 3.88. The maximum Gasteiger partial charge on any atom is 0.316 e. The maximum atomic E-state index is 12.7. The van der Waals surface area contributed by atoms with E-state index < -0.39 is 5.92 Å². The Morgan fingerprint density at radius 3 is 2.50 bits per heavy atom. The van der Waals surface area contributed by atoms with E-state index in [9.17, 15) is 9.59 Å². The van der Waals surface area contributed by atoms with E-state index in [4.69, 9.17) is 14.2 Å². The van der Waals surface area contributed by atoms with E-state index in [0.717, 1.165) is 0 Å². The molecule has 3 aliphatic rings. The van der Waals surface area contributed by atoms with Gasteiger partial charge in [0.15, 0.2) is 11.5 Å². The van der Waals surface area contributed by atoms with E-state index in [1.165, 1.54) is 17.1 Å². The summed E-state index contributed by atoms with van der Waals surface area (Å²) in [6.45, 7) is 1.29. The van der Waals surface area contributed by atoms with Crippen LogP contribution in [-0.2, 0) is 9.59 Å². The molecule has 2 fully saturated rings. The molecule has 0 bridgehead atoms. The molecular formula is C22H21NO5S2. The summed E-state index contributed by atoms with van der Waals surface area (Å²) in [7, 11) is 0. The highest BCUT2D eigenvalue weighted by atomic mass is 32.2. The average molecular weight is 444 g/mol. The second-order valence-corrected chi connectivity index (χ2v) is 10.0. The van der Waals surface area contributed by atoms with Crippen LogP contribution in [0.5, 0.6) is 17.2 Å². The van der Waals surface area contributed by atoms with Crippen molar-refractivity contribution in [1.29, 1.82) is 0 Å². The Morgan fingerprint density at radius 2 is 1.73 bits per heavy atom. The second kappa shape index (κ2) is 8.43. The second-order valence-electron chi connectivity index (χ2n) is 7.30. The third-order valence-corrected chi connectivity index (χ3v) is 8.39. The number of carbonyl (C=O) groups excluding carboxylic acids is 2. The van der Waals surface area contributed by atoms with Crippen molar-refractivity contribution >= 4 is 41.1 Å². The van der Waals surface area contributed by atoms with Gasteiger partial charge in [0.05, 0.1) is 10.5 Å². The van der Waals surface area contributed by atoms with Gasteiger partial charge in [-0.1, -0.05) is 12.1 Å². The minimum Gasteiger partial charge on any atom is -0.486 e. The predicted octanol–water partition coefficient (Wildman–Crippen LogP) is 3.89. The van der Waals surface area contributed by atoms with Crippen LogP contribution in [0.3, 0.4) is 0 Å². The molecule has 1 amide bonds. The zero-order valence-corrected chi connectivity index (χ0v) is 17.9. The van der Waals surface area contributed by atoms with Crippen LogP contribution in [0.1, 0.15) is 16.6 Å². The first-order valence-corrected chi connectivity index (χ1v) is 12.0. The maximum absolute atomic E-state index is 12.7. The normalized spacial score (nSPS) is 21.1. The number of anilines is 1. The van der Waals surface area contributed by atoms with Gasteiger partial charge in [-0.2, -0.15) is 0 Å². The van der Waals surface area contributed by atoms with Crippen molar-refractivity contribution in [2.45, 2.75) is 11.0 Å². The molecule has 0 radical (unpaired) electrons. The number of thioether (sulfide) groups is 2. The molecule has 8 heteroatoms. The van der Waals surface area contributed by atoms with Crippen molar-refractivity contribution < 1.29 is 23.8 Å². The van der Waals surface area contributed by atoms with Gasteiger partial charge < -0.3 is 19.1 Å². The minimum absolute atomic E-state index is 0.0979. The molecule has 6 nitrogen and oxygen atoms in total. The fraction of sp³-hybridized carbons (Fsp3) is 0.364. The van der Waals surface area contributed by atoms with E-state index in [0.29, 0.717) is 47.3 Å². The number of esters is 1. The SMILES string of the molecule is O=C(Oc1ccc(C2SCCS2)cc1)C1CC(=O)N(c2ccc3c(c2)OCCO3)C1. The van der Waals surface area contributed by atoms with E-state index in [1.54, 1.807) is 17.0 Å². The lowest BCUT2D eigenvalue weighted by Crippen LogP contribution is -2.27. The molecule has 30 heavy (non-hydrogen) atoms. The fourth-order valence-electron chi connectivity index (χ4n) is 3.76. The Balaban J connectivity index is 1.23. The van der Waals surface area contributed by atoms with Crippen LogP contribution in [-0.4, -0.2) is 43.1 Å². The number of hydrogen-bond donors (Lipinski definition) is 0. The molecule has 2 saturated heterocycles. The fourth-order valence-corrected chi connectivity index (χ4v) is 6.62. The molecule has 0 saturated carbocycles. The molecule has 156 valence electrons. The third-order valence-electron chi connectivity index (χ3n) is 5.29. The Kier molecular flexibility index (Phi) is 5.52. The van der Waals surface area contributed by atoms with Gasteiger partial charge in [0.1, 0.15) is 19.0 Å². The molecule has 2 aromatic rings. The highest BCUT2D eigenvalue weighted by molar-refractivity contribution is 8.19. The highest BCUT2D eigenvalue weighted by Crippen LogP contribution is 2.45. The molecular weight excluding hydrogens is 422 g/mol. The summed E-state index contributed by atoms with van der Waals surface area (Å²) in [5.74, 6) is 3.18. The smallest absolute Gasteiger partial charge is 0.316 e. The van der Waals surface area contributed by atoms with Crippen molar-refractivity contribution in [1.82, 2.24) is 0 Å². The summed E-state index contributed by atoms with van der Waals surface area (Å²) < 4.78 is 17.2. The molecule has 0 aliphatic carbocycles. The van der Waals surface area contributed by atoms with Gasteiger partial charge in [-0.05, 0) is 29.8 Å². The molecule has 0 aromatic heterocycles. The molecule has 3 aliphatic heterocycles. The number of benzene rings is 2. The lowest BCUT2D eigenvalue weighted by atomic mass is 10.1. The van der Waals surface area contributed by atoms with Gasteiger partial charge in [0.2, 0.25) is 5.91 Å². The Morgan fingerprint density at radius 1 is 1.00 bits per heavy atom. The number of carbonyl (C=O) groups is 2. The first kappa shape index (κ1) is 19.6. The zero-order chi connectivity index (χ0) is 20.5. The molecule has 5 rings (SSSR count). The van der Waals surface area contributed by atoms with Crippen LogP contribution in [0.15, 0.2) is 42.5 Å². The zero-order valence-electron chi connectivity index (χ0n) is 16.2. The molecule has 0 spiro atoms. The van der Waals surface area contributed by atoms with Crippen LogP contribution in [0, 0.1) is 5.92 Å². The summed E-state index contributed by atoms with van der Waals surface area (Å²) in [6.07, 6.45) is 0.140. The van der Waals surface area contributed by atoms with Crippen molar-refractivity contribution in [2.75, 3.05) is 36.2 Å². The Hall–Kier alpha value is -2.32. The van der Waals surface area contributed by atoms with Gasteiger partial charge in [-0.25, -0.2) is 0 Å². The number of ether oxygens (including phenoxy) is 3. The quantitative estimate of drug-likeness (QED) is 0.525. The van der Waals surface area contributed by atoms with E-state index in [-0.39, 0.29) is 18.3 Å². The highest BCUT2D eigenvalue weighted by Gasteiger charge is 2.37. The van der Waals surface area contributed by atoms with E-state index >= 15 is 0 Å². The molecule has 1 unspecified atom stereocenters. The minimum atomic E-state index is -0.494. The van der Waals surface area contributed by atoms with Gasteiger partial charge >= 0.3 is 5.97 Å². The van der Waals surface area contributed by atoms with Gasteiger partial charge in [-0.3, -0.25) is 9.59 Å². The molecule has 2 aromatic carbocycles. The predicted molar refractivity (Wildman–Crippen MR) is 118 cm³/mol. The summed E-state index contributed by atoms with van der Waals surface area (Å²) in [6, 6.07) is 13.1. The van der Waals surface area contributed by atoms with Crippen LogP contribution in [0.25, 0.3) is 0 Å². The monoisotopic (exact) mass is 443 g/mol. The Bertz CT molecular complexity index is 959. The van der Waals surface area contributed by atoms with Gasteiger partial charge in [0.25, 0.3) is 0 Å². The van der Waals surface area contributed by atoms with Crippen molar-refractivity contribution in [3.63, 3.8) is 0 Å². The summed E-state index contributed by atoms with van der Waals surface area (Å²) in [5.41, 5.74) is 1.94. The number of hydrogen-bond acceptors (Lipinski definition) is 7. The topological polar surface area (TPSA) is 65.1 Å². The van der Waals surface area contributed by atoms with Gasteiger partial charge in [-0.15, -0.1) is 23.5 Å². The van der Waals surface area contributed by atoms with Crippen LogP contribution in [0.2, 0.25) is 0 Å². The molecule has 1 atom stereocenters. The first-order valence-electron chi connectivity index (χ1n) is 9.92. The van der Waals surface area contributed by atoms with Crippen molar-refractivity contribution in [3.8, 4) is 17.2 Å². The first-order chi connectivity index (χ1) is 14.7. The Labute approximate surface area is 183 Å². The lowest BCUT2D eigenvalue weighted by molar-refractivity contribution is -0.139. The standard InChI is InChI=1S/C22H21NO5S2/c24-20-11-15(13-23(20)16-3-6-18-19(12-16)27-8-7-26-18)21(25)28-17-4-1-14(2-5-17)22-29-9-10-30-22/h1-6,12,15,22H,7-11,13H2. The van der Waals surface area contributed by atoms with Crippen molar-refractivity contribution in [2.24, 2.45) is 5.92 Å². The largest absolute Gasteiger partial charge is 0.486 e. The number of fused-ring (bicyclic) bond motifs is 1. The molecule has 0 N–H and O–H groups in total. The van der Waals surface area contributed by atoms with Crippen LogP contribution in [0.4, 0.5) is 5.69 Å². The lowest BCUT2D eigenvalue weighted by Gasteiger charge is -2.22. The number of nitrogens with zero attached hydrogens (tertiary/aromatic N) is 1. The number of amides is 1. The van der Waals surface area contributed by atoms with Crippen molar-refractivity contribution in [3.05, 3.63) is 48.0 Å². The van der Waals surface area contributed by atoms with Crippen LogP contribution < -0.4 is 19.1 Å². The molecule has 3 heterocycles. The van der Waals surface area contributed by atoms with E-state index in [2.05, 4.69) is 0 Å². The van der Waals surface area contributed by atoms with E-state index in [1.807, 2.05) is 53.9 Å². The third kappa shape index (κ3) is 3.98. The van der Waals surface area contributed by atoms with Gasteiger partial charge in [0, 0.05) is 36.2 Å². The van der Waals surface area contributed by atoms with Crippen LogP contribution >= 0.6 is 23.5 Å². The summed E-state index contributed by atoms with van der Waals surface area (Å²) in [4.78, 5) is 26.8. The summed E-state index contributed by atoms with van der Waals surface area (Å²) in [5, 5.41) is 0. The number of rotatable bonds is 4. The average Bonchev–Trinajstić information content (AvgIpc) is 3.44.